The highest BCUT2D eigenvalue weighted by Gasteiger charge is 2.26. The highest BCUT2D eigenvalue weighted by atomic mass is 16.6. The number of nitrogens with one attached hydrogen (secondary N) is 1. The van der Waals surface area contributed by atoms with Crippen LogP contribution in [0.1, 0.15) is 40.2 Å². The van der Waals surface area contributed by atoms with Crippen LogP contribution in [-0.2, 0) is 16.1 Å². The Morgan fingerprint density at radius 2 is 1.87 bits per heavy atom. The van der Waals surface area contributed by atoms with E-state index in [1.807, 2.05) is 65.0 Å². The molecule has 0 aromatic heterocycles. The molecule has 1 aromatic rings. The predicted octanol–water partition coefficient (Wildman–Crippen LogP) is 3.75. The molecule has 0 saturated carbocycles. The number of hydrogen-bond acceptors (Lipinski definition) is 3. The van der Waals surface area contributed by atoms with Gasteiger partial charge in [0, 0.05) is 6.04 Å². The second-order valence-corrected chi connectivity index (χ2v) is 6.63. The Bertz CT molecular complexity index is 528. The molecule has 0 bridgehead atoms. The molecule has 1 N–H and O–H groups in total. The molecule has 3 atom stereocenters. The zero-order valence-corrected chi connectivity index (χ0v) is 14.6. The molecule has 1 rings (SSSR count). The van der Waals surface area contributed by atoms with Gasteiger partial charge in [-0.05, 0) is 40.2 Å². The summed E-state index contributed by atoms with van der Waals surface area (Å²) in [5, 5.41) is 2.78. The van der Waals surface area contributed by atoms with Crippen molar-refractivity contribution in [3.63, 3.8) is 0 Å². The number of alkyl carbamates (subject to hydrolysis) is 1. The molecule has 23 heavy (non-hydrogen) atoms. The first-order valence-electron chi connectivity index (χ1n) is 7.84. The lowest BCUT2D eigenvalue weighted by Crippen LogP contribution is -2.44. The van der Waals surface area contributed by atoms with Gasteiger partial charge in [0.25, 0.3) is 0 Å². The van der Waals surface area contributed by atoms with Crippen molar-refractivity contribution in [2.24, 2.45) is 5.92 Å². The van der Waals surface area contributed by atoms with Crippen LogP contribution in [0.2, 0.25) is 0 Å². The summed E-state index contributed by atoms with van der Waals surface area (Å²) in [6.45, 7) is 9.72. The first-order chi connectivity index (χ1) is 10.7. The minimum absolute atomic E-state index is 0.190. The number of amides is 1. The third-order valence-electron chi connectivity index (χ3n) is 3.34. The zero-order chi connectivity index (χ0) is 17.5. The van der Waals surface area contributed by atoms with Crippen molar-refractivity contribution in [3.05, 3.63) is 35.9 Å². The van der Waals surface area contributed by atoms with Gasteiger partial charge in [0.1, 0.15) is 5.60 Å². The summed E-state index contributed by atoms with van der Waals surface area (Å²) in [4.78, 5) is 11.8. The van der Waals surface area contributed by atoms with Crippen molar-refractivity contribution in [3.8, 4) is 12.3 Å². The standard InChI is InChI=1S/C19H27NO3/c1-7-17(14(2)20-18(21)23-19(4,5)6)15(3)22-13-16-11-9-8-10-12-16/h1,8-12,14-15,17H,13H2,2-6H3,(H,20,21)/t14-,15-,17-/m1/s1. The predicted molar refractivity (Wildman–Crippen MR) is 91.8 cm³/mol. The first kappa shape index (κ1) is 19.1. The highest BCUT2D eigenvalue weighted by Crippen LogP contribution is 2.15. The fourth-order valence-electron chi connectivity index (χ4n) is 2.18. The van der Waals surface area contributed by atoms with Crippen LogP contribution in [-0.4, -0.2) is 23.8 Å². The largest absolute Gasteiger partial charge is 0.444 e. The quantitative estimate of drug-likeness (QED) is 0.813. The lowest BCUT2D eigenvalue weighted by Gasteiger charge is -2.27. The van der Waals surface area contributed by atoms with E-state index in [-0.39, 0.29) is 18.1 Å². The molecule has 0 aliphatic heterocycles. The molecule has 0 unspecified atom stereocenters. The number of terminal acetylenes is 1. The normalized spacial score (nSPS) is 15.1. The minimum Gasteiger partial charge on any atom is -0.444 e. The summed E-state index contributed by atoms with van der Waals surface area (Å²) in [7, 11) is 0. The van der Waals surface area contributed by atoms with Crippen LogP contribution in [0.3, 0.4) is 0 Å². The van der Waals surface area contributed by atoms with Gasteiger partial charge in [-0.15, -0.1) is 6.42 Å². The van der Waals surface area contributed by atoms with E-state index < -0.39 is 11.7 Å². The van der Waals surface area contributed by atoms with Gasteiger partial charge >= 0.3 is 6.09 Å². The van der Waals surface area contributed by atoms with Crippen molar-refractivity contribution in [2.75, 3.05) is 0 Å². The molecule has 0 aliphatic carbocycles. The van der Waals surface area contributed by atoms with E-state index >= 15 is 0 Å². The summed E-state index contributed by atoms with van der Waals surface area (Å²) in [6.07, 6.45) is 4.96. The molecular formula is C19H27NO3. The topological polar surface area (TPSA) is 47.6 Å². The van der Waals surface area contributed by atoms with Crippen LogP contribution in [0.5, 0.6) is 0 Å². The van der Waals surface area contributed by atoms with Crippen molar-refractivity contribution < 1.29 is 14.3 Å². The third-order valence-corrected chi connectivity index (χ3v) is 3.34. The van der Waals surface area contributed by atoms with Crippen LogP contribution >= 0.6 is 0 Å². The summed E-state index contributed by atoms with van der Waals surface area (Å²) >= 11 is 0. The van der Waals surface area contributed by atoms with Crippen LogP contribution in [0.25, 0.3) is 0 Å². The van der Waals surface area contributed by atoms with Crippen LogP contribution in [0, 0.1) is 18.3 Å². The van der Waals surface area contributed by atoms with Crippen molar-refractivity contribution in [2.45, 2.75) is 59.0 Å². The van der Waals surface area contributed by atoms with E-state index in [1.165, 1.54) is 0 Å². The Balaban J connectivity index is 2.53. The zero-order valence-electron chi connectivity index (χ0n) is 14.6. The van der Waals surface area contributed by atoms with Gasteiger partial charge in [-0.2, -0.15) is 0 Å². The molecule has 0 heterocycles. The molecule has 0 aliphatic rings. The van der Waals surface area contributed by atoms with E-state index in [0.29, 0.717) is 6.61 Å². The van der Waals surface area contributed by atoms with Gasteiger partial charge < -0.3 is 14.8 Å². The average Bonchev–Trinajstić information content (AvgIpc) is 2.44. The van der Waals surface area contributed by atoms with Crippen molar-refractivity contribution in [1.29, 1.82) is 0 Å². The van der Waals surface area contributed by atoms with Crippen LogP contribution in [0.4, 0.5) is 4.79 Å². The molecule has 1 amide bonds. The van der Waals surface area contributed by atoms with E-state index in [2.05, 4.69) is 11.2 Å². The first-order valence-corrected chi connectivity index (χ1v) is 7.84. The number of ether oxygens (including phenoxy) is 2. The maximum Gasteiger partial charge on any atom is 0.407 e. The SMILES string of the molecule is C#C[C@H]([C@@H](C)NC(=O)OC(C)(C)C)[C@@H](C)OCc1ccccc1. The smallest absolute Gasteiger partial charge is 0.407 e. The average molecular weight is 317 g/mol. The molecular weight excluding hydrogens is 290 g/mol. The minimum atomic E-state index is -0.537. The van der Waals surface area contributed by atoms with E-state index in [1.54, 1.807) is 0 Å². The van der Waals surface area contributed by atoms with Gasteiger partial charge in [-0.25, -0.2) is 4.79 Å². The van der Waals surface area contributed by atoms with Crippen molar-refractivity contribution in [1.82, 2.24) is 5.32 Å². The van der Waals surface area contributed by atoms with Gasteiger partial charge in [0.2, 0.25) is 0 Å². The number of benzene rings is 1. The molecule has 0 spiro atoms. The summed E-state index contributed by atoms with van der Waals surface area (Å²) in [5.41, 5.74) is 0.549. The Morgan fingerprint density at radius 1 is 1.26 bits per heavy atom. The van der Waals surface area contributed by atoms with E-state index in [9.17, 15) is 4.79 Å². The number of hydrogen-bond donors (Lipinski definition) is 1. The van der Waals surface area contributed by atoms with Crippen LogP contribution < -0.4 is 5.32 Å². The third kappa shape index (κ3) is 7.21. The summed E-state index contributed by atoms with van der Waals surface area (Å²) in [6, 6.07) is 9.65. The lowest BCUT2D eigenvalue weighted by molar-refractivity contribution is 0.0161. The van der Waals surface area contributed by atoms with E-state index in [4.69, 9.17) is 15.9 Å². The molecule has 0 radical (unpaired) electrons. The maximum atomic E-state index is 11.8. The fraction of sp³-hybridized carbons (Fsp3) is 0.526. The molecule has 4 nitrogen and oxygen atoms in total. The molecule has 0 saturated heterocycles. The number of rotatable bonds is 6. The Hall–Kier alpha value is -1.99. The van der Waals surface area contributed by atoms with Crippen molar-refractivity contribution >= 4 is 6.09 Å². The molecule has 0 fully saturated rings. The fourth-order valence-corrected chi connectivity index (χ4v) is 2.18. The van der Waals surface area contributed by atoms with Gasteiger partial charge in [-0.3, -0.25) is 0 Å². The Labute approximate surface area is 139 Å². The second kappa shape index (κ2) is 8.59. The molecule has 4 heteroatoms. The van der Waals surface area contributed by atoms with E-state index in [0.717, 1.165) is 5.56 Å². The highest BCUT2D eigenvalue weighted by molar-refractivity contribution is 5.68. The summed E-state index contributed by atoms with van der Waals surface area (Å²) in [5.74, 6) is 2.47. The maximum absolute atomic E-state index is 11.8. The second-order valence-electron chi connectivity index (χ2n) is 6.63. The lowest BCUT2D eigenvalue weighted by atomic mass is 9.96. The Morgan fingerprint density at radius 3 is 2.39 bits per heavy atom. The Kier molecular flexibility index (Phi) is 7.12. The van der Waals surface area contributed by atoms with Crippen LogP contribution in [0.15, 0.2) is 30.3 Å². The number of carbonyl (C=O) groups excluding carboxylic acids is 1. The monoisotopic (exact) mass is 317 g/mol. The molecule has 1 aromatic carbocycles. The summed E-state index contributed by atoms with van der Waals surface area (Å²) < 4.78 is 11.1. The van der Waals surface area contributed by atoms with Gasteiger partial charge in [-0.1, -0.05) is 36.3 Å². The van der Waals surface area contributed by atoms with Gasteiger partial charge in [0.15, 0.2) is 0 Å². The molecule has 126 valence electrons. The number of carbonyl (C=O) groups is 1. The van der Waals surface area contributed by atoms with Gasteiger partial charge in [0.05, 0.1) is 18.6 Å².